The average molecular weight is 473 g/mol. The quantitative estimate of drug-likeness (QED) is 0.470. The Morgan fingerprint density at radius 1 is 1.12 bits per heavy atom. The third kappa shape index (κ3) is 3.20. The third-order valence-corrected chi connectivity index (χ3v) is 6.67. The fraction of sp³-hybridized carbons (Fsp3) is 0.167. The van der Waals surface area contributed by atoms with Crippen molar-refractivity contribution in [2.24, 2.45) is 0 Å². The molecule has 1 aromatic carbocycles. The summed E-state index contributed by atoms with van der Waals surface area (Å²) in [5, 5.41) is 0.757. The predicted octanol–water partition coefficient (Wildman–Crippen LogP) is 2.14. The Balaban J connectivity index is 1.54. The number of anilines is 1. The highest BCUT2D eigenvalue weighted by atomic mass is 35.5. The molecule has 0 spiro atoms. The average Bonchev–Trinajstić information content (AvgIpc) is 3.34. The molecular formula is C24H19ClN7O2+. The minimum atomic E-state index is -0.298. The molecule has 2 N–H and O–H groups in total. The number of carbonyl (C=O) groups excluding carboxylic acids is 1. The van der Waals surface area contributed by atoms with Gasteiger partial charge in [0, 0.05) is 24.9 Å². The van der Waals surface area contributed by atoms with Gasteiger partial charge in [0.05, 0.1) is 17.5 Å². The van der Waals surface area contributed by atoms with E-state index in [1.165, 1.54) is 12.7 Å². The largest absolute Gasteiger partial charge is 0.356 e. The van der Waals surface area contributed by atoms with E-state index in [0.29, 0.717) is 38.9 Å². The second-order valence-electron chi connectivity index (χ2n) is 8.23. The van der Waals surface area contributed by atoms with Crippen LogP contribution in [0.25, 0.3) is 17.1 Å². The summed E-state index contributed by atoms with van der Waals surface area (Å²) >= 11 is 6.45. The highest BCUT2D eigenvalue weighted by Crippen LogP contribution is 2.33. The molecule has 3 aromatic heterocycles. The summed E-state index contributed by atoms with van der Waals surface area (Å²) in [4.78, 5) is 48.8. The lowest BCUT2D eigenvalue weighted by atomic mass is 9.96. The summed E-state index contributed by atoms with van der Waals surface area (Å²) in [6, 6.07) is 8.98. The van der Waals surface area contributed by atoms with Gasteiger partial charge >= 0.3 is 5.91 Å². The van der Waals surface area contributed by atoms with Crippen LogP contribution in [0.4, 0.5) is 11.5 Å². The van der Waals surface area contributed by atoms with Gasteiger partial charge in [-0.25, -0.2) is 24.6 Å². The van der Waals surface area contributed by atoms with Crippen LogP contribution in [-0.2, 0) is 0 Å². The van der Waals surface area contributed by atoms with E-state index in [0.717, 1.165) is 29.8 Å². The van der Waals surface area contributed by atoms with Crippen molar-refractivity contribution < 1.29 is 9.69 Å². The summed E-state index contributed by atoms with van der Waals surface area (Å²) in [5.74, 6) is 0.377. The number of pyridine rings is 1. The number of nitrogens with one attached hydrogen (secondary N) is 2. The van der Waals surface area contributed by atoms with Crippen molar-refractivity contribution in [3.05, 3.63) is 87.6 Å². The smallest absolute Gasteiger partial charge is 0.343 e. The number of fused-ring (bicyclic) bond motifs is 2. The molecule has 0 bridgehead atoms. The van der Waals surface area contributed by atoms with Crippen LogP contribution in [0.3, 0.4) is 0 Å². The molecule has 2 aliphatic heterocycles. The van der Waals surface area contributed by atoms with E-state index in [2.05, 4.69) is 29.8 Å². The first kappa shape index (κ1) is 20.6. The van der Waals surface area contributed by atoms with Gasteiger partial charge in [0.25, 0.3) is 5.56 Å². The minimum absolute atomic E-state index is 0.134. The summed E-state index contributed by atoms with van der Waals surface area (Å²) in [6.07, 6.45) is 9.82. The lowest BCUT2D eigenvalue weighted by Crippen LogP contribution is -3.10. The number of hydrogen-bond acceptors (Lipinski definition) is 7. The van der Waals surface area contributed by atoms with Gasteiger partial charge in [0.2, 0.25) is 0 Å². The first-order valence-corrected chi connectivity index (χ1v) is 11.3. The lowest BCUT2D eigenvalue weighted by Gasteiger charge is -2.32. The topological polar surface area (TPSA) is 109 Å². The molecule has 5 heterocycles. The van der Waals surface area contributed by atoms with E-state index in [1.54, 1.807) is 18.5 Å². The number of amides is 1. The van der Waals surface area contributed by atoms with Gasteiger partial charge in [-0.3, -0.25) is 9.78 Å². The predicted molar refractivity (Wildman–Crippen MR) is 127 cm³/mol. The van der Waals surface area contributed by atoms with Crippen molar-refractivity contribution in [3.63, 3.8) is 0 Å². The third-order valence-electron chi connectivity index (χ3n) is 6.35. The molecule has 2 aliphatic rings. The van der Waals surface area contributed by atoms with Gasteiger partial charge < -0.3 is 9.88 Å². The van der Waals surface area contributed by atoms with Crippen molar-refractivity contribution in [1.82, 2.24) is 24.9 Å². The van der Waals surface area contributed by atoms with Crippen LogP contribution in [-0.4, -0.2) is 43.4 Å². The lowest BCUT2D eigenvalue weighted by molar-refractivity contribution is -0.698. The number of aromatic amines is 1. The zero-order chi connectivity index (χ0) is 23.2. The molecule has 0 saturated carbocycles. The fourth-order valence-corrected chi connectivity index (χ4v) is 5.19. The molecule has 9 nitrogen and oxygen atoms in total. The first-order chi connectivity index (χ1) is 16.6. The van der Waals surface area contributed by atoms with Crippen molar-refractivity contribution in [3.8, 4) is 0 Å². The number of aromatic nitrogens is 5. The Hall–Kier alpha value is -3.95. The highest BCUT2D eigenvalue weighted by molar-refractivity contribution is 6.34. The SMILES string of the molecule is O=C1c2c(Cl)cccc2C=C(C2CCCN2c2ncnc3nc[nH]c(=O)c23)[NH+]1c1cccnc1. The summed E-state index contributed by atoms with van der Waals surface area (Å²) in [6.45, 7) is 0.680. The second kappa shape index (κ2) is 8.12. The highest BCUT2D eigenvalue weighted by Gasteiger charge is 2.43. The molecule has 34 heavy (non-hydrogen) atoms. The number of hydrogen-bond donors (Lipinski definition) is 2. The van der Waals surface area contributed by atoms with Gasteiger partial charge in [-0.1, -0.05) is 23.7 Å². The molecule has 0 aliphatic carbocycles. The molecule has 1 amide bonds. The normalized spacial score (nSPS) is 19.9. The van der Waals surface area contributed by atoms with Crippen LogP contribution in [0, 0.1) is 0 Å². The van der Waals surface area contributed by atoms with Gasteiger partial charge in [0.1, 0.15) is 34.8 Å². The second-order valence-corrected chi connectivity index (χ2v) is 8.64. The molecule has 10 heteroatoms. The van der Waals surface area contributed by atoms with E-state index < -0.39 is 0 Å². The van der Waals surface area contributed by atoms with E-state index in [4.69, 9.17) is 11.6 Å². The number of quaternary nitrogens is 1. The standard InChI is InChI=1S/C24H18ClN7O2/c25-16-6-1-4-14-10-18(32(24(34)19(14)16)15-5-2-8-26-11-15)17-7-3-9-31(17)22-20-21(27-12-29-22)28-13-30-23(20)33/h1-2,4-6,8,10-13,17H,3,7,9H2,(H,27,28,29,30,33)/p+1. The number of H-pyrrole nitrogens is 1. The fourth-order valence-electron chi connectivity index (χ4n) is 4.92. The number of rotatable bonds is 3. The Morgan fingerprint density at radius 3 is 2.88 bits per heavy atom. The molecule has 2 unspecified atom stereocenters. The molecule has 168 valence electrons. The summed E-state index contributed by atoms with van der Waals surface area (Å²) < 4.78 is 0. The van der Waals surface area contributed by atoms with Crippen LogP contribution in [0.2, 0.25) is 5.02 Å². The van der Waals surface area contributed by atoms with Crippen LogP contribution >= 0.6 is 11.6 Å². The van der Waals surface area contributed by atoms with Crippen LogP contribution in [0.1, 0.15) is 28.8 Å². The summed E-state index contributed by atoms with van der Waals surface area (Å²) in [7, 11) is 0. The van der Waals surface area contributed by atoms with Crippen molar-refractivity contribution in [2.45, 2.75) is 18.9 Å². The van der Waals surface area contributed by atoms with Crippen LogP contribution in [0.5, 0.6) is 0 Å². The van der Waals surface area contributed by atoms with Gasteiger partial charge in [-0.15, -0.1) is 0 Å². The first-order valence-electron chi connectivity index (χ1n) is 10.9. The molecular weight excluding hydrogens is 454 g/mol. The van der Waals surface area contributed by atoms with Crippen LogP contribution < -0.4 is 15.4 Å². The minimum Gasteiger partial charge on any atom is -0.343 e. The zero-order valence-electron chi connectivity index (χ0n) is 17.9. The Labute approximate surface area is 198 Å². The van der Waals surface area contributed by atoms with Crippen molar-refractivity contribution in [1.29, 1.82) is 0 Å². The monoisotopic (exact) mass is 472 g/mol. The Morgan fingerprint density at radius 2 is 2.03 bits per heavy atom. The number of nitrogens with zero attached hydrogens (tertiary/aromatic N) is 5. The van der Waals surface area contributed by atoms with Gasteiger partial charge in [-0.2, -0.15) is 0 Å². The van der Waals surface area contributed by atoms with Crippen molar-refractivity contribution in [2.75, 3.05) is 11.4 Å². The Bertz CT molecular complexity index is 1510. The number of halogens is 1. The molecule has 1 saturated heterocycles. The van der Waals surface area contributed by atoms with Crippen molar-refractivity contribution >= 4 is 46.1 Å². The Kier molecular flexibility index (Phi) is 4.93. The molecule has 1 fully saturated rings. The number of benzene rings is 1. The van der Waals surface area contributed by atoms with E-state index in [-0.39, 0.29) is 17.5 Å². The van der Waals surface area contributed by atoms with Gasteiger partial charge in [0.15, 0.2) is 11.3 Å². The van der Waals surface area contributed by atoms with Crippen LogP contribution in [0.15, 0.2) is 65.9 Å². The molecule has 2 atom stereocenters. The molecule has 0 radical (unpaired) electrons. The maximum atomic E-state index is 13.8. The van der Waals surface area contributed by atoms with E-state index >= 15 is 0 Å². The maximum Gasteiger partial charge on any atom is 0.356 e. The maximum absolute atomic E-state index is 13.8. The summed E-state index contributed by atoms with van der Waals surface area (Å²) in [5.41, 5.74) is 2.89. The molecule has 4 aromatic rings. The van der Waals surface area contributed by atoms with E-state index in [9.17, 15) is 9.59 Å². The van der Waals surface area contributed by atoms with E-state index in [1.807, 2.05) is 30.3 Å². The zero-order valence-corrected chi connectivity index (χ0v) is 18.7. The number of carbonyl (C=O) groups is 1. The molecule has 6 rings (SSSR count). The van der Waals surface area contributed by atoms with Gasteiger partial charge in [-0.05, 0) is 30.5 Å².